The van der Waals surface area contributed by atoms with Crippen molar-refractivity contribution >= 4 is 17.3 Å². The maximum atomic E-state index is 12.6. The molecule has 0 amide bonds. The van der Waals surface area contributed by atoms with Crippen LogP contribution in [0.4, 0.5) is 0 Å². The quantitative estimate of drug-likeness (QED) is 0.548. The molecule has 4 nitrogen and oxygen atoms in total. The molecule has 0 bridgehead atoms. The van der Waals surface area contributed by atoms with Gasteiger partial charge in [0.2, 0.25) is 0 Å². The number of nitrogens with zero attached hydrogens (tertiary/aromatic N) is 1. The highest BCUT2D eigenvalue weighted by Crippen LogP contribution is 2.64. The fourth-order valence-electron chi connectivity index (χ4n) is 6.74. The smallest absolute Gasteiger partial charge is 0.186 e. The third-order valence-electron chi connectivity index (χ3n) is 8.19. The number of hydrogen-bond acceptors (Lipinski definition) is 4. The monoisotopic (exact) mass is 317 g/mol. The van der Waals surface area contributed by atoms with Crippen molar-refractivity contribution < 1.29 is 14.8 Å². The fourth-order valence-corrected chi connectivity index (χ4v) is 6.74. The van der Waals surface area contributed by atoms with E-state index in [1.165, 1.54) is 0 Å². The van der Waals surface area contributed by atoms with Crippen molar-refractivity contribution in [2.24, 2.45) is 39.7 Å². The number of oxime groups is 1. The van der Waals surface area contributed by atoms with Crippen LogP contribution in [0.1, 0.15) is 65.2 Å². The predicted molar refractivity (Wildman–Crippen MR) is 86.3 cm³/mol. The van der Waals surface area contributed by atoms with Crippen molar-refractivity contribution in [3.8, 4) is 0 Å². The second kappa shape index (κ2) is 4.90. The predicted octanol–water partition coefficient (Wildman–Crippen LogP) is 3.61. The molecule has 126 valence electrons. The Hall–Kier alpha value is -1.19. The van der Waals surface area contributed by atoms with Gasteiger partial charge in [0.25, 0.3) is 0 Å². The molecule has 0 aromatic carbocycles. The van der Waals surface area contributed by atoms with E-state index in [0.29, 0.717) is 41.6 Å². The summed E-state index contributed by atoms with van der Waals surface area (Å²) in [5.41, 5.74) is 0.334. The number of fused-ring (bicyclic) bond motifs is 5. The Morgan fingerprint density at radius 1 is 1.04 bits per heavy atom. The number of ketones is 2. The topological polar surface area (TPSA) is 66.7 Å². The maximum Gasteiger partial charge on any atom is 0.186 e. The summed E-state index contributed by atoms with van der Waals surface area (Å²) >= 11 is 0. The van der Waals surface area contributed by atoms with Crippen molar-refractivity contribution in [1.29, 1.82) is 0 Å². The molecule has 4 rings (SSSR count). The third kappa shape index (κ3) is 1.93. The summed E-state index contributed by atoms with van der Waals surface area (Å²) in [6.45, 7) is 4.49. The molecule has 0 spiro atoms. The summed E-state index contributed by atoms with van der Waals surface area (Å²) < 4.78 is 0. The zero-order chi connectivity index (χ0) is 16.4. The van der Waals surface area contributed by atoms with Crippen LogP contribution in [0, 0.1) is 34.5 Å². The molecular weight excluding hydrogens is 290 g/mol. The summed E-state index contributed by atoms with van der Waals surface area (Å²) in [4.78, 5) is 24.5. The van der Waals surface area contributed by atoms with E-state index in [1.54, 1.807) is 0 Å². The molecule has 0 aromatic rings. The van der Waals surface area contributed by atoms with Crippen molar-refractivity contribution in [3.63, 3.8) is 0 Å². The first kappa shape index (κ1) is 15.3. The van der Waals surface area contributed by atoms with Crippen molar-refractivity contribution in [1.82, 2.24) is 0 Å². The van der Waals surface area contributed by atoms with E-state index in [2.05, 4.69) is 19.0 Å². The number of carbonyl (C=O) groups excluding carboxylic acids is 2. The van der Waals surface area contributed by atoms with Crippen LogP contribution in [-0.2, 0) is 9.59 Å². The number of hydrogen-bond donors (Lipinski definition) is 1. The van der Waals surface area contributed by atoms with E-state index in [4.69, 9.17) is 0 Å². The lowest BCUT2D eigenvalue weighted by Gasteiger charge is -2.59. The Morgan fingerprint density at radius 2 is 1.83 bits per heavy atom. The summed E-state index contributed by atoms with van der Waals surface area (Å²) in [6.07, 6.45) is 7.42. The maximum absolute atomic E-state index is 12.6. The molecule has 4 aliphatic carbocycles. The summed E-state index contributed by atoms with van der Waals surface area (Å²) in [6, 6.07) is 0. The Balaban J connectivity index is 1.67. The average molecular weight is 317 g/mol. The average Bonchev–Trinajstić information content (AvgIpc) is 2.79. The van der Waals surface area contributed by atoms with Gasteiger partial charge in [0.05, 0.1) is 0 Å². The highest BCUT2D eigenvalue weighted by molar-refractivity contribution is 6.43. The first-order valence-electron chi connectivity index (χ1n) is 9.17. The highest BCUT2D eigenvalue weighted by Gasteiger charge is 2.61. The lowest BCUT2D eigenvalue weighted by molar-refractivity contribution is -0.143. The molecule has 4 fully saturated rings. The standard InChI is InChI=1S/C19H27NO3/c1-18-7-5-12(21)9-11(18)3-4-13-14(18)6-8-19(2)15(13)10-16(20-23)17(19)22/h11,13-15,23H,3-10H2,1-2H3/b20-16-/t11-,13-,14+,15+,18+,19+/m1/s1. The van der Waals surface area contributed by atoms with Gasteiger partial charge in [-0.15, -0.1) is 0 Å². The minimum absolute atomic E-state index is 0.0783. The van der Waals surface area contributed by atoms with Crippen molar-refractivity contribution in [2.45, 2.75) is 65.2 Å². The van der Waals surface area contributed by atoms with E-state index in [9.17, 15) is 14.8 Å². The lowest BCUT2D eigenvalue weighted by Crippen LogP contribution is -2.53. The normalized spacial score (nSPS) is 51.3. The molecule has 0 radical (unpaired) electrons. The van der Waals surface area contributed by atoms with Gasteiger partial charge in [-0.25, -0.2) is 0 Å². The molecule has 0 heterocycles. The van der Waals surface area contributed by atoms with Crippen molar-refractivity contribution in [3.05, 3.63) is 0 Å². The number of Topliss-reactive ketones (excluding diaryl/α,β-unsaturated/α-hetero) is 2. The van der Waals surface area contributed by atoms with E-state index in [-0.39, 0.29) is 16.6 Å². The van der Waals surface area contributed by atoms with Gasteiger partial charge in [-0.2, -0.15) is 0 Å². The largest absolute Gasteiger partial charge is 0.411 e. The van der Waals surface area contributed by atoms with E-state index >= 15 is 0 Å². The van der Waals surface area contributed by atoms with E-state index in [1.807, 2.05) is 0 Å². The van der Waals surface area contributed by atoms with Crippen LogP contribution in [0.5, 0.6) is 0 Å². The van der Waals surface area contributed by atoms with Gasteiger partial charge in [-0.1, -0.05) is 19.0 Å². The minimum Gasteiger partial charge on any atom is -0.411 e. The second-order valence-electron chi connectivity index (χ2n) is 8.94. The molecule has 0 aromatic heterocycles. The zero-order valence-electron chi connectivity index (χ0n) is 14.2. The molecule has 23 heavy (non-hydrogen) atoms. The molecule has 0 aliphatic heterocycles. The van der Waals surface area contributed by atoms with Gasteiger partial charge in [-0.3, -0.25) is 9.59 Å². The molecule has 4 aliphatic rings. The molecular formula is C19H27NO3. The zero-order valence-corrected chi connectivity index (χ0v) is 14.2. The lowest BCUT2D eigenvalue weighted by atomic mass is 9.45. The molecule has 4 heteroatoms. The van der Waals surface area contributed by atoms with E-state index < -0.39 is 0 Å². The Bertz CT molecular complexity index is 597. The number of carbonyl (C=O) groups is 2. The van der Waals surface area contributed by atoms with Gasteiger partial charge in [0.1, 0.15) is 11.5 Å². The first-order chi connectivity index (χ1) is 10.9. The van der Waals surface area contributed by atoms with E-state index in [0.717, 1.165) is 44.9 Å². The second-order valence-corrected chi connectivity index (χ2v) is 8.94. The Morgan fingerprint density at radius 3 is 2.57 bits per heavy atom. The van der Waals surface area contributed by atoms with Gasteiger partial charge in [0, 0.05) is 24.7 Å². The van der Waals surface area contributed by atoms with Gasteiger partial charge >= 0.3 is 0 Å². The molecule has 4 saturated carbocycles. The Kier molecular flexibility index (Phi) is 3.27. The third-order valence-corrected chi connectivity index (χ3v) is 8.19. The fraction of sp³-hybridized carbons (Fsp3) is 0.842. The highest BCUT2D eigenvalue weighted by atomic mass is 16.4. The van der Waals surface area contributed by atoms with Crippen LogP contribution < -0.4 is 0 Å². The van der Waals surface area contributed by atoms with Crippen LogP contribution in [0.3, 0.4) is 0 Å². The SMILES string of the molecule is C[C@]12CCC(=O)C[C@H]1CC[C@@H]1[C@@H]2CC[C@]2(C)C(=O)/C(=N\O)C[C@@H]12. The minimum atomic E-state index is -0.323. The van der Waals surface area contributed by atoms with Crippen LogP contribution >= 0.6 is 0 Å². The summed E-state index contributed by atoms with van der Waals surface area (Å²) in [5.74, 6) is 2.56. The number of rotatable bonds is 0. The molecule has 6 atom stereocenters. The van der Waals surface area contributed by atoms with Crippen LogP contribution in [-0.4, -0.2) is 22.5 Å². The Labute approximate surface area is 137 Å². The van der Waals surface area contributed by atoms with Gasteiger partial charge < -0.3 is 5.21 Å². The molecule has 0 unspecified atom stereocenters. The summed E-state index contributed by atoms with van der Waals surface area (Å²) in [5, 5.41) is 12.5. The molecule has 0 saturated heterocycles. The first-order valence-corrected chi connectivity index (χ1v) is 9.17. The van der Waals surface area contributed by atoms with Gasteiger partial charge in [0.15, 0.2) is 5.78 Å². The van der Waals surface area contributed by atoms with Crippen LogP contribution in [0.2, 0.25) is 0 Å². The van der Waals surface area contributed by atoms with Crippen molar-refractivity contribution in [2.75, 3.05) is 0 Å². The summed E-state index contributed by atoms with van der Waals surface area (Å²) in [7, 11) is 0. The van der Waals surface area contributed by atoms with Crippen LogP contribution in [0.25, 0.3) is 0 Å². The van der Waals surface area contributed by atoms with Gasteiger partial charge in [-0.05, 0) is 61.2 Å². The van der Waals surface area contributed by atoms with Crippen LogP contribution in [0.15, 0.2) is 5.16 Å². The molecule has 1 N–H and O–H groups in total.